The van der Waals surface area contributed by atoms with Crippen LogP contribution in [0.15, 0.2) is 12.1 Å². The molecular weight excluding hydrogens is 362 g/mol. The van der Waals surface area contributed by atoms with E-state index < -0.39 is 23.1 Å². The molecule has 4 atom stereocenters. The number of carbonyl (C=O) groups excluding carboxylic acids is 3. The zero-order valence-corrected chi connectivity index (χ0v) is 16.2. The number of likely N-dealkylation sites (tertiary alicyclic amines) is 1. The van der Waals surface area contributed by atoms with E-state index >= 15 is 0 Å². The summed E-state index contributed by atoms with van der Waals surface area (Å²) in [6.45, 7) is 3.54. The average Bonchev–Trinajstić information content (AvgIpc) is 2.97. The number of esters is 2. The summed E-state index contributed by atoms with van der Waals surface area (Å²) in [5.41, 5.74) is 0.416. The Labute approximate surface area is 162 Å². The number of ketones is 1. The highest BCUT2D eigenvalue weighted by atomic mass is 16.6. The molecule has 2 aliphatic carbocycles. The molecule has 148 valence electrons. The Morgan fingerprint density at radius 3 is 2.71 bits per heavy atom. The number of nitrogens with zero attached hydrogens (tertiary/aromatic N) is 1. The van der Waals surface area contributed by atoms with E-state index in [1.54, 1.807) is 6.07 Å². The van der Waals surface area contributed by atoms with Crippen LogP contribution in [0.1, 0.15) is 44.2 Å². The molecule has 4 aliphatic rings. The monoisotopic (exact) mass is 385 g/mol. The molecule has 0 N–H and O–H groups in total. The Kier molecular flexibility index (Phi) is 3.51. The van der Waals surface area contributed by atoms with Crippen LogP contribution in [0.25, 0.3) is 0 Å². The molecule has 1 saturated heterocycles. The summed E-state index contributed by atoms with van der Waals surface area (Å²) in [6.07, 6.45) is 1.40. The number of hydrogen-bond acceptors (Lipinski definition) is 7. The lowest BCUT2D eigenvalue weighted by Crippen LogP contribution is -2.77. The Bertz CT molecular complexity index is 926. The predicted molar refractivity (Wildman–Crippen MR) is 97.3 cm³/mol. The van der Waals surface area contributed by atoms with Crippen molar-refractivity contribution in [3.63, 3.8) is 0 Å². The second kappa shape index (κ2) is 5.56. The molecule has 2 aliphatic heterocycles. The summed E-state index contributed by atoms with van der Waals surface area (Å²) in [6, 6.07) is 3.66. The highest BCUT2D eigenvalue weighted by Crippen LogP contribution is 2.65. The second-order valence-corrected chi connectivity index (χ2v) is 8.39. The lowest BCUT2D eigenvalue weighted by Gasteiger charge is -2.63. The summed E-state index contributed by atoms with van der Waals surface area (Å²) in [5.74, 6) is 0.0240. The van der Waals surface area contributed by atoms with Gasteiger partial charge in [0.1, 0.15) is 5.60 Å². The average molecular weight is 385 g/mol. The quantitative estimate of drug-likeness (QED) is 0.564. The van der Waals surface area contributed by atoms with Crippen LogP contribution in [-0.4, -0.2) is 54.0 Å². The fourth-order valence-corrected chi connectivity index (χ4v) is 6.19. The van der Waals surface area contributed by atoms with Crippen LogP contribution in [0.3, 0.4) is 0 Å². The normalized spacial score (nSPS) is 35.0. The van der Waals surface area contributed by atoms with Gasteiger partial charge in [-0.05, 0) is 44.5 Å². The lowest BCUT2D eigenvalue weighted by atomic mass is 9.49. The fraction of sp³-hybridized carbons (Fsp3) is 0.571. The Hall–Kier alpha value is -2.41. The smallest absolute Gasteiger partial charge is 0.308 e. The molecular formula is C21H23NO6. The third-order valence-corrected chi connectivity index (χ3v) is 7.05. The molecule has 7 nitrogen and oxygen atoms in total. The van der Waals surface area contributed by atoms with Crippen molar-refractivity contribution >= 4 is 17.7 Å². The lowest BCUT2D eigenvalue weighted by molar-refractivity contribution is -0.211. The topological polar surface area (TPSA) is 82.1 Å². The number of likely N-dealkylation sites (N-methyl/N-ethyl adjacent to an activating group) is 1. The number of Topliss-reactive ketones (excluding diaryl/α,β-unsaturated/α-hetero) is 1. The number of piperidine rings is 1. The minimum absolute atomic E-state index is 0.0175. The maximum atomic E-state index is 13.0. The summed E-state index contributed by atoms with van der Waals surface area (Å²) >= 11 is 0. The molecule has 2 bridgehead atoms. The number of carbonyl (C=O) groups is 3. The van der Waals surface area contributed by atoms with Gasteiger partial charge in [0.25, 0.3) is 0 Å². The molecule has 0 aromatic heterocycles. The number of ether oxygens (including phenoxy) is 3. The highest BCUT2D eigenvalue weighted by molar-refractivity contribution is 5.90. The standard InChI is InChI=1S/C21H23NO6/c1-11(23)26-15-5-4-13-10-16-21(28-12(2)24)7-6-14(25)19-20(21,8-9-22(16)3)17(13)18(15)27-19/h4-5,16,19H,6-10H2,1-3H3/t16-,19?,20?,21-/m1/s1. The van der Waals surface area contributed by atoms with Gasteiger partial charge in [0.05, 0.1) is 11.5 Å². The molecule has 28 heavy (non-hydrogen) atoms. The van der Waals surface area contributed by atoms with Crippen molar-refractivity contribution in [2.75, 3.05) is 13.6 Å². The molecule has 1 aromatic rings. The minimum atomic E-state index is -0.822. The summed E-state index contributed by atoms with van der Waals surface area (Å²) in [5, 5.41) is 0. The third-order valence-electron chi connectivity index (χ3n) is 7.05. The molecule has 7 heteroatoms. The van der Waals surface area contributed by atoms with Crippen molar-refractivity contribution in [3.8, 4) is 11.5 Å². The van der Waals surface area contributed by atoms with E-state index in [0.717, 1.165) is 17.7 Å². The fourth-order valence-electron chi connectivity index (χ4n) is 6.19. The molecule has 1 spiro atoms. The summed E-state index contributed by atoms with van der Waals surface area (Å²) in [7, 11) is 2.04. The maximum Gasteiger partial charge on any atom is 0.308 e. The predicted octanol–water partition coefficient (Wildman–Crippen LogP) is 1.54. The molecule has 1 saturated carbocycles. The molecule has 2 unspecified atom stereocenters. The largest absolute Gasteiger partial charge is 0.477 e. The van der Waals surface area contributed by atoms with Gasteiger partial charge in [0.15, 0.2) is 23.4 Å². The maximum absolute atomic E-state index is 13.0. The van der Waals surface area contributed by atoms with E-state index in [1.165, 1.54) is 13.8 Å². The molecule has 5 rings (SSSR count). The zero-order chi connectivity index (χ0) is 19.8. The number of hydrogen-bond donors (Lipinski definition) is 0. The van der Waals surface area contributed by atoms with Gasteiger partial charge in [0, 0.05) is 25.8 Å². The van der Waals surface area contributed by atoms with Crippen molar-refractivity contribution in [1.82, 2.24) is 4.90 Å². The first-order valence-corrected chi connectivity index (χ1v) is 9.74. The SMILES string of the molecule is CC(=O)Oc1ccc2c3c1OC1C(=O)CC[C@@]4(OC(C)=O)[C@@H](C2)N(C)CCC314. The van der Waals surface area contributed by atoms with Crippen molar-refractivity contribution in [2.24, 2.45) is 0 Å². The van der Waals surface area contributed by atoms with E-state index in [4.69, 9.17) is 14.2 Å². The zero-order valence-electron chi connectivity index (χ0n) is 16.2. The van der Waals surface area contributed by atoms with E-state index in [0.29, 0.717) is 37.2 Å². The van der Waals surface area contributed by atoms with Crippen molar-refractivity contribution < 1.29 is 28.6 Å². The van der Waals surface area contributed by atoms with Gasteiger partial charge >= 0.3 is 11.9 Å². The van der Waals surface area contributed by atoms with Crippen molar-refractivity contribution in [2.45, 2.75) is 62.7 Å². The number of benzene rings is 1. The molecule has 0 radical (unpaired) electrons. The number of rotatable bonds is 2. The van der Waals surface area contributed by atoms with E-state index in [1.807, 2.05) is 13.1 Å². The summed E-state index contributed by atoms with van der Waals surface area (Å²) in [4.78, 5) is 39.0. The van der Waals surface area contributed by atoms with Gasteiger partial charge in [-0.2, -0.15) is 0 Å². The first kappa shape index (κ1) is 17.7. The molecule has 2 fully saturated rings. The van der Waals surface area contributed by atoms with Crippen LogP contribution in [0.2, 0.25) is 0 Å². The van der Waals surface area contributed by atoms with Crippen LogP contribution in [0, 0.1) is 0 Å². The Morgan fingerprint density at radius 2 is 2.00 bits per heavy atom. The van der Waals surface area contributed by atoms with Crippen molar-refractivity contribution in [3.05, 3.63) is 23.3 Å². The van der Waals surface area contributed by atoms with Gasteiger partial charge < -0.3 is 14.2 Å². The van der Waals surface area contributed by atoms with Crippen LogP contribution < -0.4 is 9.47 Å². The van der Waals surface area contributed by atoms with Gasteiger partial charge in [0.2, 0.25) is 0 Å². The van der Waals surface area contributed by atoms with Gasteiger partial charge in [-0.3, -0.25) is 19.3 Å². The van der Waals surface area contributed by atoms with E-state index in [9.17, 15) is 14.4 Å². The first-order valence-electron chi connectivity index (χ1n) is 9.74. The third kappa shape index (κ3) is 1.95. The molecule has 0 amide bonds. The van der Waals surface area contributed by atoms with Crippen molar-refractivity contribution in [1.29, 1.82) is 0 Å². The van der Waals surface area contributed by atoms with Crippen LogP contribution >= 0.6 is 0 Å². The van der Waals surface area contributed by atoms with Gasteiger partial charge in [-0.1, -0.05) is 6.07 Å². The Balaban J connectivity index is 1.81. The van der Waals surface area contributed by atoms with Crippen LogP contribution in [0.4, 0.5) is 0 Å². The Morgan fingerprint density at radius 1 is 1.21 bits per heavy atom. The van der Waals surface area contributed by atoms with Crippen LogP contribution in [0.5, 0.6) is 11.5 Å². The highest BCUT2D eigenvalue weighted by Gasteiger charge is 2.75. The molecule has 2 heterocycles. The van der Waals surface area contributed by atoms with Gasteiger partial charge in [-0.25, -0.2) is 0 Å². The van der Waals surface area contributed by atoms with Crippen LogP contribution in [-0.2, 0) is 31.0 Å². The van der Waals surface area contributed by atoms with E-state index in [-0.39, 0.29) is 17.8 Å². The van der Waals surface area contributed by atoms with Gasteiger partial charge in [-0.15, -0.1) is 0 Å². The minimum Gasteiger partial charge on any atom is -0.477 e. The first-order chi connectivity index (χ1) is 13.3. The summed E-state index contributed by atoms with van der Waals surface area (Å²) < 4.78 is 17.7. The second-order valence-electron chi connectivity index (χ2n) is 8.39. The molecule has 1 aromatic carbocycles. The van der Waals surface area contributed by atoms with E-state index in [2.05, 4.69) is 4.90 Å².